The SMILES string of the molecule is Cc1nn(CC(C)C)c(Cl)c1[C@@H]1Nc2ccccc2C(=O)N1C[C@@H]1CCCO1. The van der Waals surface area contributed by atoms with E-state index < -0.39 is 0 Å². The van der Waals surface area contributed by atoms with E-state index in [9.17, 15) is 4.79 Å². The van der Waals surface area contributed by atoms with Gasteiger partial charge in [-0.05, 0) is 37.8 Å². The summed E-state index contributed by atoms with van der Waals surface area (Å²) in [5.74, 6) is 0.427. The molecule has 1 aromatic heterocycles. The number of aryl methyl sites for hydroxylation is 1. The number of benzene rings is 1. The molecule has 6 nitrogen and oxygen atoms in total. The molecule has 1 N–H and O–H groups in total. The predicted molar refractivity (Wildman–Crippen MR) is 110 cm³/mol. The molecular weight excluding hydrogens is 376 g/mol. The Morgan fingerprint density at radius 3 is 2.86 bits per heavy atom. The van der Waals surface area contributed by atoms with Crippen LogP contribution in [0.25, 0.3) is 0 Å². The number of anilines is 1. The van der Waals surface area contributed by atoms with Gasteiger partial charge in [0.15, 0.2) is 0 Å². The van der Waals surface area contributed by atoms with Crippen molar-refractivity contribution in [3.05, 3.63) is 46.2 Å². The smallest absolute Gasteiger partial charge is 0.257 e. The molecule has 4 rings (SSSR count). The van der Waals surface area contributed by atoms with Gasteiger partial charge in [-0.25, -0.2) is 0 Å². The molecule has 0 radical (unpaired) electrons. The van der Waals surface area contributed by atoms with Crippen molar-refractivity contribution in [1.82, 2.24) is 14.7 Å². The largest absolute Gasteiger partial charge is 0.376 e. The number of halogens is 1. The summed E-state index contributed by atoms with van der Waals surface area (Å²) in [5.41, 5.74) is 3.21. The van der Waals surface area contributed by atoms with Crippen LogP contribution in [0.15, 0.2) is 24.3 Å². The minimum atomic E-state index is -0.361. The summed E-state index contributed by atoms with van der Waals surface area (Å²) >= 11 is 6.76. The molecule has 2 aromatic rings. The van der Waals surface area contributed by atoms with E-state index in [1.54, 1.807) is 0 Å². The van der Waals surface area contributed by atoms with E-state index in [0.29, 0.717) is 23.2 Å². The van der Waals surface area contributed by atoms with Crippen LogP contribution >= 0.6 is 11.6 Å². The van der Waals surface area contributed by atoms with Crippen LogP contribution in [0.3, 0.4) is 0 Å². The Morgan fingerprint density at radius 2 is 2.14 bits per heavy atom. The van der Waals surface area contributed by atoms with E-state index in [2.05, 4.69) is 24.3 Å². The Kier molecular flexibility index (Phi) is 5.34. The van der Waals surface area contributed by atoms with Crippen molar-refractivity contribution in [2.24, 2.45) is 5.92 Å². The van der Waals surface area contributed by atoms with E-state index in [-0.39, 0.29) is 18.2 Å². The molecule has 150 valence electrons. The number of carbonyl (C=O) groups excluding carboxylic acids is 1. The van der Waals surface area contributed by atoms with Crippen molar-refractivity contribution in [3.63, 3.8) is 0 Å². The summed E-state index contributed by atoms with van der Waals surface area (Å²) in [6.45, 7) is 8.26. The summed E-state index contributed by atoms with van der Waals surface area (Å²) in [4.78, 5) is 15.2. The zero-order chi connectivity index (χ0) is 19.8. The average Bonchev–Trinajstić information content (AvgIpc) is 3.26. The second-order valence-electron chi connectivity index (χ2n) is 8.05. The molecule has 7 heteroatoms. The van der Waals surface area contributed by atoms with Gasteiger partial charge in [0.1, 0.15) is 11.3 Å². The maximum absolute atomic E-state index is 13.4. The molecule has 1 aromatic carbocycles. The second-order valence-corrected chi connectivity index (χ2v) is 8.41. The molecule has 2 aliphatic rings. The monoisotopic (exact) mass is 402 g/mol. The van der Waals surface area contributed by atoms with Gasteiger partial charge in [-0.15, -0.1) is 0 Å². The van der Waals surface area contributed by atoms with Crippen molar-refractivity contribution in [3.8, 4) is 0 Å². The van der Waals surface area contributed by atoms with Crippen LogP contribution in [-0.4, -0.2) is 39.8 Å². The van der Waals surface area contributed by atoms with Crippen LogP contribution < -0.4 is 5.32 Å². The van der Waals surface area contributed by atoms with Gasteiger partial charge in [-0.1, -0.05) is 37.6 Å². The van der Waals surface area contributed by atoms with Gasteiger partial charge in [-0.2, -0.15) is 5.10 Å². The zero-order valence-electron chi connectivity index (χ0n) is 16.6. The number of amides is 1. The van der Waals surface area contributed by atoms with Crippen LogP contribution in [0, 0.1) is 12.8 Å². The fraction of sp³-hybridized carbons (Fsp3) is 0.524. The zero-order valence-corrected chi connectivity index (χ0v) is 17.4. The van der Waals surface area contributed by atoms with Crippen molar-refractivity contribution in [2.75, 3.05) is 18.5 Å². The van der Waals surface area contributed by atoms with Crippen LogP contribution in [0.2, 0.25) is 5.15 Å². The van der Waals surface area contributed by atoms with Gasteiger partial charge >= 0.3 is 0 Å². The molecule has 0 bridgehead atoms. The van der Waals surface area contributed by atoms with Gasteiger partial charge in [0, 0.05) is 25.4 Å². The predicted octanol–water partition coefficient (Wildman–Crippen LogP) is 4.25. The molecule has 0 saturated carbocycles. The molecule has 28 heavy (non-hydrogen) atoms. The Balaban J connectivity index is 1.74. The lowest BCUT2D eigenvalue weighted by Gasteiger charge is -2.39. The van der Waals surface area contributed by atoms with Gasteiger partial charge in [-0.3, -0.25) is 9.48 Å². The van der Waals surface area contributed by atoms with E-state index in [1.807, 2.05) is 40.8 Å². The average molecular weight is 403 g/mol. The summed E-state index contributed by atoms with van der Waals surface area (Å²) in [6, 6.07) is 7.62. The Labute approximate surface area is 170 Å². The third-order valence-electron chi connectivity index (χ3n) is 5.37. The minimum absolute atomic E-state index is 0.00178. The normalized spacial score (nSPS) is 21.9. The number of rotatable bonds is 5. The molecule has 1 saturated heterocycles. The second kappa shape index (κ2) is 7.76. The van der Waals surface area contributed by atoms with E-state index in [1.165, 1.54) is 0 Å². The minimum Gasteiger partial charge on any atom is -0.376 e. The quantitative estimate of drug-likeness (QED) is 0.812. The molecular formula is C21H27ClN4O2. The Hall–Kier alpha value is -2.05. The van der Waals surface area contributed by atoms with Crippen LogP contribution in [0.1, 0.15) is 54.5 Å². The van der Waals surface area contributed by atoms with E-state index in [4.69, 9.17) is 16.3 Å². The number of aromatic nitrogens is 2. The molecule has 1 fully saturated rings. The first-order chi connectivity index (χ1) is 13.5. The van der Waals surface area contributed by atoms with E-state index >= 15 is 0 Å². The lowest BCUT2D eigenvalue weighted by atomic mass is 10.0. The number of fused-ring (bicyclic) bond motifs is 1. The molecule has 1 amide bonds. The summed E-state index contributed by atoms with van der Waals surface area (Å²) in [7, 11) is 0. The molecule has 0 spiro atoms. The van der Waals surface area contributed by atoms with Crippen molar-refractivity contribution < 1.29 is 9.53 Å². The van der Waals surface area contributed by atoms with Gasteiger partial charge in [0.2, 0.25) is 0 Å². The number of nitrogens with zero attached hydrogens (tertiary/aromatic N) is 3. The molecule has 3 heterocycles. The number of carbonyl (C=O) groups is 1. The summed E-state index contributed by atoms with van der Waals surface area (Å²) < 4.78 is 7.66. The maximum Gasteiger partial charge on any atom is 0.257 e. The van der Waals surface area contributed by atoms with Gasteiger partial charge < -0.3 is 15.0 Å². The van der Waals surface area contributed by atoms with Crippen molar-refractivity contribution in [1.29, 1.82) is 0 Å². The first-order valence-corrected chi connectivity index (χ1v) is 10.3. The highest BCUT2D eigenvalue weighted by Crippen LogP contribution is 2.38. The summed E-state index contributed by atoms with van der Waals surface area (Å²) in [6.07, 6.45) is 1.70. The van der Waals surface area contributed by atoms with Crippen molar-refractivity contribution in [2.45, 2.75) is 52.4 Å². The fourth-order valence-corrected chi connectivity index (χ4v) is 4.41. The lowest BCUT2D eigenvalue weighted by molar-refractivity contribution is 0.0426. The molecule has 2 atom stereocenters. The number of para-hydroxylation sites is 1. The highest BCUT2D eigenvalue weighted by molar-refractivity contribution is 6.30. The van der Waals surface area contributed by atoms with Crippen LogP contribution in [0.5, 0.6) is 0 Å². The van der Waals surface area contributed by atoms with Gasteiger partial charge in [0.25, 0.3) is 5.91 Å². The third kappa shape index (κ3) is 3.51. The molecule has 0 unspecified atom stereocenters. The maximum atomic E-state index is 13.4. The molecule has 2 aliphatic heterocycles. The molecule has 0 aliphatic carbocycles. The van der Waals surface area contributed by atoms with Crippen molar-refractivity contribution >= 4 is 23.2 Å². The Morgan fingerprint density at radius 1 is 1.36 bits per heavy atom. The first kappa shape index (κ1) is 19.3. The van der Waals surface area contributed by atoms with Crippen LogP contribution in [-0.2, 0) is 11.3 Å². The Bertz CT molecular complexity index is 873. The summed E-state index contributed by atoms with van der Waals surface area (Å²) in [5, 5.41) is 8.77. The number of nitrogens with one attached hydrogen (secondary N) is 1. The first-order valence-electron chi connectivity index (χ1n) is 9.96. The topological polar surface area (TPSA) is 59.4 Å². The highest BCUT2D eigenvalue weighted by atomic mass is 35.5. The number of hydrogen-bond donors (Lipinski definition) is 1. The third-order valence-corrected chi connectivity index (χ3v) is 5.77. The van der Waals surface area contributed by atoms with E-state index in [0.717, 1.165) is 42.9 Å². The van der Waals surface area contributed by atoms with Crippen LogP contribution in [0.4, 0.5) is 5.69 Å². The highest BCUT2D eigenvalue weighted by Gasteiger charge is 2.38. The lowest BCUT2D eigenvalue weighted by Crippen LogP contribution is -2.46. The number of hydrogen-bond acceptors (Lipinski definition) is 4. The fourth-order valence-electron chi connectivity index (χ4n) is 4.06. The van der Waals surface area contributed by atoms with Gasteiger partial charge in [0.05, 0.1) is 22.9 Å². The number of ether oxygens (including phenoxy) is 1. The standard InChI is InChI=1S/C21H27ClN4O2/c1-13(2)11-26-19(22)18(14(3)24-26)20-23-17-9-5-4-8-16(17)21(27)25(20)12-15-7-6-10-28-15/h4-5,8-9,13,15,20,23H,6-7,10-12H2,1-3H3/t15-,20+/m0/s1.